The molecule has 2 aliphatic rings. The molecule has 7 heteroatoms. The summed E-state index contributed by atoms with van der Waals surface area (Å²) >= 11 is 0. The van der Waals surface area contributed by atoms with Gasteiger partial charge in [0.1, 0.15) is 17.1 Å². The van der Waals surface area contributed by atoms with Crippen LogP contribution >= 0.6 is 0 Å². The number of benzene rings is 1. The van der Waals surface area contributed by atoms with Crippen molar-refractivity contribution in [3.8, 4) is 11.5 Å². The molecule has 0 saturated heterocycles. The van der Waals surface area contributed by atoms with E-state index >= 15 is 0 Å². The molecule has 0 N–H and O–H groups in total. The van der Waals surface area contributed by atoms with E-state index in [1.54, 1.807) is 19.9 Å². The summed E-state index contributed by atoms with van der Waals surface area (Å²) in [6.45, 7) is 8.66. The van der Waals surface area contributed by atoms with Crippen LogP contribution in [0.25, 0.3) is 0 Å². The third kappa shape index (κ3) is 3.98. The quantitative estimate of drug-likeness (QED) is 0.576. The summed E-state index contributed by atoms with van der Waals surface area (Å²) in [5, 5.41) is 0. The van der Waals surface area contributed by atoms with Crippen molar-refractivity contribution >= 4 is 17.9 Å². The monoisotopic (exact) mass is 390 g/mol. The van der Waals surface area contributed by atoms with Gasteiger partial charge in [0.25, 0.3) is 0 Å². The molecule has 0 fully saturated rings. The first-order chi connectivity index (χ1) is 13.1. The van der Waals surface area contributed by atoms with E-state index in [9.17, 15) is 14.4 Å². The Bertz CT molecular complexity index is 809. The zero-order chi connectivity index (χ0) is 20.6. The van der Waals surface area contributed by atoms with E-state index in [1.165, 1.54) is 6.92 Å². The van der Waals surface area contributed by atoms with Gasteiger partial charge in [-0.2, -0.15) is 0 Å². The van der Waals surface area contributed by atoms with Crippen molar-refractivity contribution in [3.63, 3.8) is 0 Å². The topological polar surface area (TPSA) is 88.1 Å². The van der Waals surface area contributed by atoms with Crippen LogP contribution in [0.2, 0.25) is 0 Å². The number of carbonyl (C=O) groups is 3. The Kier molecular flexibility index (Phi) is 5.37. The maximum atomic E-state index is 12.4. The Hall–Kier alpha value is -2.57. The molecular formula is C21H26O7. The van der Waals surface area contributed by atoms with Crippen LogP contribution in [0.3, 0.4) is 0 Å². The van der Waals surface area contributed by atoms with Gasteiger partial charge in [-0.05, 0) is 37.8 Å². The maximum absolute atomic E-state index is 12.4. The van der Waals surface area contributed by atoms with Crippen molar-refractivity contribution in [2.75, 3.05) is 0 Å². The summed E-state index contributed by atoms with van der Waals surface area (Å²) in [5.41, 5.74) is 0.306. The first-order valence-electron chi connectivity index (χ1n) is 9.50. The highest BCUT2D eigenvalue weighted by atomic mass is 16.6. The van der Waals surface area contributed by atoms with Crippen LogP contribution in [0.15, 0.2) is 12.1 Å². The molecule has 0 aliphatic carbocycles. The number of hydrogen-bond acceptors (Lipinski definition) is 7. The van der Waals surface area contributed by atoms with Gasteiger partial charge >= 0.3 is 17.9 Å². The predicted molar refractivity (Wildman–Crippen MR) is 98.9 cm³/mol. The fourth-order valence-electron chi connectivity index (χ4n) is 3.59. The van der Waals surface area contributed by atoms with Gasteiger partial charge < -0.3 is 18.9 Å². The van der Waals surface area contributed by atoms with Gasteiger partial charge in [-0.25, -0.2) is 0 Å². The van der Waals surface area contributed by atoms with Gasteiger partial charge in [0.15, 0.2) is 12.2 Å². The second-order valence-electron chi connectivity index (χ2n) is 8.18. The highest BCUT2D eigenvalue weighted by Gasteiger charge is 2.50. The smallest absolute Gasteiger partial charge is 0.311 e. The summed E-state index contributed by atoms with van der Waals surface area (Å²) in [6, 6.07) is 3.62. The number of carbonyl (C=O) groups excluding carboxylic acids is 3. The molecule has 3 rings (SSSR count). The summed E-state index contributed by atoms with van der Waals surface area (Å²) < 4.78 is 22.9. The van der Waals surface area contributed by atoms with Crippen LogP contribution < -0.4 is 9.47 Å². The van der Waals surface area contributed by atoms with Crippen LogP contribution in [0.4, 0.5) is 0 Å². The first kappa shape index (κ1) is 20.2. The molecule has 2 aliphatic heterocycles. The maximum Gasteiger partial charge on any atom is 0.311 e. The van der Waals surface area contributed by atoms with Gasteiger partial charge in [0.05, 0.1) is 12.0 Å². The Balaban J connectivity index is 2.08. The largest absolute Gasteiger partial charge is 0.483 e. The highest BCUT2D eigenvalue weighted by Crippen LogP contribution is 2.49. The summed E-state index contributed by atoms with van der Waals surface area (Å²) in [6.07, 6.45) is -0.789. The summed E-state index contributed by atoms with van der Waals surface area (Å²) in [7, 11) is 0. The normalized spacial score (nSPS) is 22.4. The molecule has 152 valence electrons. The zero-order valence-corrected chi connectivity index (χ0v) is 16.9. The van der Waals surface area contributed by atoms with E-state index in [2.05, 4.69) is 0 Å². The van der Waals surface area contributed by atoms with Gasteiger partial charge in [0.2, 0.25) is 0 Å². The molecule has 2 unspecified atom stereocenters. The lowest BCUT2D eigenvalue weighted by molar-refractivity contribution is -0.190. The minimum absolute atomic E-state index is 0.119. The molecule has 0 bridgehead atoms. The molecule has 2 atom stereocenters. The molecule has 0 spiro atoms. The van der Waals surface area contributed by atoms with Crippen molar-refractivity contribution in [1.82, 2.24) is 0 Å². The van der Waals surface area contributed by atoms with Crippen molar-refractivity contribution in [2.45, 2.75) is 71.7 Å². The van der Waals surface area contributed by atoms with E-state index in [1.807, 2.05) is 19.9 Å². The Morgan fingerprint density at radius 3 is 2.57 bits per heavy atom. The van der Waals surface area contributed by atoms with Crippen LogP contribution in [-0.4, -0.2) is 29.6 Å². The standard InChI is InChI=1S/C21H26O7/c1-11(2)10-16(24)27-20-19(25-12(3)22)17-14(28-21(20,4)5)8-6-13-7-9-15(23)26-18(13)17/h6,8,11,19-20H,7,9-10H2,1-5H3. The lowest BCUT2D eigenvalue weighted by Crippen LogP contribution is -2.52. The van der Waals surface area contributed by atoms with E-state index in [0.29, 0.717) is 23.5 Å². The van der Waals surface area contributed by atoms with Crippen LogP contribution in [0.5, 0.6) is 11.5 Å². The molecule has 0 amide bonds. The van der Waals surface area contributed by atoms with Gasteiger partial charge in [-0.15, -0.1) is 0 Å². The van der Waals surface area contributed by atoms with E-state index in [0.717, 1.165) is 5.56 Å². The SMILES string of the molecule is CC(=O)OC1c2c(ccc3c2OC(=O)CC3)OC(C)(C)C1OC(=O)CC(C)C. The minimum Gasteiger partial charge on any atom is -0.483 e. The Morgan fingerprint density at radius 1 is 1.21 bits per heavy atom. The summed E-state index contributed by atoms with van der Waals surface area (Å²) in [4.78, 5) is 36.1. The van der Waals surface area contributed by atoms with Crippen LogP contribution in [0, 0.1) is 5.92 Å². The van der Waals surface area contributed by atoms with E-state index < -0.39 is 29.7 Å². The minimum atomic E-state index is -0.952. The van der Waals surface area contributed by atoms with Crippen molar-refractivity contribution in [1.29, 1.82) is 0 Å². The molecular weight excluding hydrogens is 364 g/mol. The lowest BCUT2D eigenvalue weighted by Gasteiger charge is -2.44. The number of fused-ring (bicyclic) bond motifs is 3. The van der Waals surface area contributed by atoms with Crippen molar-refractivity contribution in [2.24, 2.45) is 5.92 Å². The second-order valence-corrected chi connectivity index (χ2v) is 8.18. The lowest BCUT2D eigenvalue weighted by atomic mass is 9.85. The number of esters is 3. The van der Waals surface area contributed by atoms with Crippen LogP contribution in [0.1, 0.15) is 64.7 Å². The average Bonchev–Trinajstić information content (AvgIpc) is 2.56. The Morgan fingerprint density at radius 2 is 1.93 bits per heavy atom. The second kappa shape index (κ2) is 7.45. The van der Waals surface area contributed by atoms with Gasteiger partial charge in [-0.3, -0.25) is 14.4 Å². The van der Waals surface area contributed by atoms with E-state index in [-0.39, 0.29) is 24.7 Å². The third-order valence-electron chi connectivity index (χ3n) is 4.80. The summed E-state index contributed by atoms with van der Waals surface area (Å²) in [5.74, 6) is -0.396. The highest BCUT2D eigenvalue weighted by molar-refractivity contribution is 5.77. The molecule has 0 aromatic heterocycles. The fourth-order valence-corrected chi connectivity index (χ4v) is 3.59. The first-order valence-corrected chi connectivity index (χ1v) is 9.50. The van der Waals surface area contributed by atoms with Crippen molar-refractivity contribution in [3.05, 3.63) is 23.3 Å². The van der Waals surface area contributed by atoms with Gasteiger partial charge in [-0.1, -0.05) is 19.9 Å². The van der Waals surface area contributed by atoms with E-state index in [4.69, 9.17) is 18.9 Å². The number of rotatable bonds is 4. The molecule has 1 aromatic carbocycles. The zero-order valence-electron chi connectivity index (χ0n) is 16.9. The van der Waals surface area contributed by atoms with Crippen molar-refractivity contribution < 1.29 is 33.3 Å². The molecule has 7 nitrogen and oxygen atoms in total. The number of hydrogen-bond donors (Lipinski definition) is 0. The third-order valence-corrected chi connectivity index (χ3v) is 4.80. The van der Waals surface area contributed by atoms with Gasteiger partial charge in [0, 0.05) is 13.3 Å². The Labute approximate surface area is 164 Å². The molecule has 1 aromatic rings. The molecule has 2 heterocycles. The molecule has 28 heavy (non-hydrogen) atoms. The predicted octanol–water partition coefficient (Wildman–Crippen LogP) is 3.27. The number of ether oxygens (including phenoxy) is 4. The molecule has 0 saturated carbocycles. The average molecular weight is 390 g/mol. The molecule has 0 radical (unpaired) electrons. The van der Waals surface area contributed by atoms with Crippen LogP contribution in [-0.2, 0) is 30.3 Å². The fraction of sp³-hybridized carbons (Fsp3) is 0.571. The number of aryl methyl sites for hydroxylation is 1.